The summed E-state index contributed by atoms with van der Waals surface area (Å²) in [5.74, 6) is -0.435. The topological polar surface area (TPSA) is 74.2 Å². The van der Waals surface area contributed by atoms with Crippen molar-refractivity contribution < 1.29 is 23.9 Å². The SMILES string of the molecule is CCCC(C(C)=NOC(C)(C)C(=O)OC)C(CC)c1ccc(C(=O)OC)cc1. The van der Waals surface area contributed by atoms with Gasteiger partial charge in [-0.2, -0.15) is 0 Å². The summed E-state index contributed by atoms with van der Waals surface area (Å²) in [5, 5.41) is 4.28. The van der Waals surface area contributed by atoms with Gasteiger partial charge in [-0.1, -0.05) is 37.6 Å². The first-order valence-electron chi connectivity index (χ1n) is 9.71. The number of carbonyl (C=O) groups excluding carboxylic acids is 2. The van der Waals surface area contributed by atoms with Crippen molar-refractivity contribution >= 4 is 17.7 Å². The van der Waals surface area contributed by atoms with Crippen LogP contribution in [-0.2, 0) is 19.1 Å². The Hall–Kier alpha value is -2.37. The van der Waals surface area contributed by atoms with Crippen LogP contribution in [0.2, 0.25) is 0 Å². The lowest BCUT2D eigenvalue weighted by Crippen LogP contribution is -2.35. The highest BCUT2D eigenvalue weighted by Crippen LogP contribution is 2.33. The Morgan fingerprint density at radius 3 is 2.14 bits per heavy atom. The van der Waals surface area contributed by atoms with Gasteiger partial charge in [0.1, 0.15) is 0 Å². The molecule has 6 heteroatoms. The molecule has 0 fully saturated rings. The maximum absolute atomic E-state index is 11.8. The van der Waals surface area contributed by atoms with E-state index >= 15 is 0 Å². The number of hydrogen-bond acceptors (Lipinski definition) is 6. The third-order valence-electron chi connectivity index (χ3n) is 4.92. The van der Waals surface area contributed by atoms with Gasteiger partial charge in [0.05, 0.1) is 25.5 Å². The van der Waals surface area contributed by atoms with E-state index in [1.165, 1.54) is 14.2 Å². The molecule has 0 heterocycles. The molecule has 0 aromatic heterocycles. The van der Waals surface area contributed by atoms with Gasteiger partial charge in [0.15, 0.2) is 0 Å². The quantitative estimate of drug-likeness (QED) is 0.327. The number of carbonyl (C=O) groups is 2. The van der Waals surface area contributed by atoms with Crippen LogP contribution >= 0.6 is 0 Å². The number of esters is 2. The fourth-order valence-corrected chi connectivity index (χ4v) is 3.29. The van der Waals surface area contributed by atoms with E-state index in [4.69, 9.17) is 14.3 Å². The number of hydrogen-bond donors (Lipinski definition) is 0. The zero-order chi connectivity index (χ0) is 21.3. The van der Waals surface area contributed by atoms with E-state index in [1.807, 2.05) is 19.1 Å². The summed E-state index contributed by atoms with van der Waals surface area (Å²) in [5.41, 5.74) is 1.36. The Kier molecular flexibility index (Phi) is 9.16. The van der Waals surface area contributed by atoms with E-state index in [0.717, 1.165) is 30.5 Å². The standard InChI is InChI=1S/C22H33NO5/c1-8-10-19(15(3)23-28-22(4,5)21(25)27-7)18(9-2)16-11-13-17(14-12-16)20(24)26-6/h11-14,18-19H,8-10H2,1-7H3. The molecule has 1 aromatic carbocycles. The van der Waals surface area contributed by atoms with Crippen LogP contribution in [0.1, 0.15) is 75.7 Å². The maximum Gasteiger partial charge on any atom is 0.352 e. The highest BCUT2D eigenvalue weighted by Gasteiger charge is 2.32. The van der Waals surface area contributed by atoms with Crippen molar-refractivity contribution in [3.63, 3.8) is 0 Å². The minimum absolute atomic E-state index is 0.160. The normalized spacial score (nSPS) is 14.2. The van der Waals surface area contributed by atoms with Crippen LogP contribution in [0.15, 0.2) is 29.4 Å². The predicted molar refractivity (Wildman–Crippen MR) is 110 cm³/mol. The Morgan fingerprint density at radius 1 is 1.07 bits per heavy atom. The first-order valence-corrected chi connectivity index (χ1v) is 9.71. The Labute approximate surface area is 168 Å². The molecule has 0 spiro atoms. The second kappa shape index (κ2) is 10.8. The third kappa shape index (κ3) is 6.08. The van der Waals surface area contributed by atoms with Crippen LogP contribution < -0.4 is 0 Å². The van der Waals surface area contributed by atoms with Crippen molar-refractivity contribution in [1.82, 2.24) is 0 Å². The van der Waals surface area contributed by atoms with Crippen molar-refractivity contribution in [2.75, 3.05) is 14.2 Å². The van der Waals surface area contributed by atoms with Crippen LogP contribution in [0.5, 0.6) is 0 Å². The molecule has 0 N–H and O–H groups in total. The zero-order valence-corrected chi connectivity index (χ0v) is 18.1. The smallest absolute Gasteiger partial charge is 0.352 e. The van der Waals surface area contributed by atoms with E-state index in [1.54, 1.807) is 26.0 Å². The van der Waals surface area contributed by atoms with Crippen molar-refractivity contribution in [2.45, 2.75) is 65.4 Å². The van der Waals surface area contributed by atoms with Crippen molar-refractivity contribution in [1.29, 1.82) is 0 Å². The molecule has 28 heavy (non-hydrogen) atoms. The van der Waals surface area contributed by atoms with Crippen LogP contribution in [-0.4, -0.2) is 37.5 Å². The lowest BCUT2D eigenvalue weighted by atomic mass is 9.79. The van der Waals surface area contributed by atoms with Crippen LogP contribution in [0.3, 0.4) is 0 Å². The van der Waals surface area contributed by atoms with Gasteiger partial charge < -0.3 is 14.3 Å². The summed E-state index contributed by atoms with van der Waals surface area (Å²) in [7, 11) is 2.70. The van der Waals surface area contributed by atoms with E-state index in [0.29, 0.717) is 5.56 Å². The molecular formula is C22H33NO5. The Balaban J connectivity index is 3.10. The van der Waals surface area contributed by atoms with Gasteiger partial charge >= 0.3 is 11.9 Å². The average molecular weight is 392 g/mol. The number of oxime groups is 1. The third-order valence-corrected chi connectivity index (χ3v) is 4.92. The highest BCUT2D eigenvalue weighted by molar-refractivity contribution is 5.89. The molecule has 6 nitrogen and oxygen atoms in total. The molecule has 1 aromatic rings. The monoisotopic (exact) mass is 391 g/mol. The molecule has 0 aliphatic rings. The molecular weight excluding hydrogens is 358 g/mol. The molecule has 0 bridgehead atoms. The zero-order valence-electron chi connectivity index (χ0n) is 18.1. The van der Waals surface area contributed by atoms with E-state index in [9.17, 15) is 9.59 Å². The second-order valence-corrected chi connectivity index (χ2v) is 7.35. The summed E-state index contributed by atoms with van der Waals surface area (Å²) in [6.45, 7) is 9.46. The fourth-order valence-electron chi connectivity index (χ4n) is 3.29. The van der Waals surface area contributed by atoms with Gasteiger partial charge in [-0.05, 0) is 57.2 Å². The number of ether oxygens (including phenoxy) is 2. The maximum atomic E-state index is 11.8. The molecule has 0 saturated heterocycles. The average Bonchev–Trinajstić information content (AvgIpc) is 2.71. The second-order valence-electron chi connectivity index (χ2n) is 7.35. The van der Waals surface area contributed by atoms with Crippen LogP contribution in [0, 0.1) is 5.92 Å². The van der Waals surface area contributed by atoms with Crippen molar-refractivity contribution in [2.24, 2.45) is 11.1 Å². The number of benzene rings is 1. The van der Waals surface area contributed by atoms with E-state index in [-0.39, 0.29) is 17.8 Å². The summed E-state index contributed by atoms with van der Waals surface area (Å²) < 4.78 is 9.53. The molecule has 1 rings (SSSR count). The summed E-state index contributed by atoms with van der Waals surface area (Å²) >= 11 is 0. The fraction of sp³-hybridized carbons (Fsp3) is 0.591. The van der Waals surface area contributed by atoms with Gasteiger partial charge in [-0.3, -0.25) is 0 Å². The van der Waals surface area contributed by atoms with Crippen LogP contribution in [0.4, 0.5) is 0 Å². The molecule has 0 radical (unpaired) electrons. The molecule has 2 unspecified atom stereocenters. The highest BCUT2D eigenvalue weighted by atomic mass is 16.7. The van der Waals surface area contributed by atoms with Crippen LogP contribution in [0.25, 0.3) is 0 Å². The van der Waals surface area contributed by atoms with Gasteiger partial charge in [0.25, 0.3) is 0 Å². The largest absolute Gasteiger partial charge is 0.466 e. The van der Waals surface area contributed by atoms with Gasteiger partial charge in [0, 0.05) is 5.92 Å². The molecule has 0 aliphatic carbocycles. The van der Waals surface area contributed by atoms with Gasteiger partial charge in [-0.25, -0.2) is 9.59 Å². The van der Waals surface area contributed by atoms with Crippen molar-refractivity contribution in [3.8, 4) is 0 Å². The van der Waals surface area contributed by atoms with Crippen molar-refractivity contribution in [3.05, 3.63) is 35.4 Å². The van der Waals surface area contributed by atoms with Gasteiger partial charge in [-0.15, -0.1) is 0 Å². The molecule has 156 valence electrons. The summed E-state index contributed by atoms with van der Waals surface area (Å²) in [6, 6.07) is 7.51. The van der Waals surface area contributed by atoms with Gasteiger partial charge in [0.2, 0.25) is 5.60 Å². The molecule has 0 saturated carbocycles. The first kappa shape index (κ1) is 23.7. The Morgan fingerprint density at radius 2 is 1.68 bits per heavy atom. The molecule has 0 aliphatic heterocycles. The lowest BCUT2D eigenvalue weighted by Gasteiger charge is -2.27. The van der Waals surface area contributed by atoms with E-state index < -0.39 is 11.6 Å². The first-order chi connectivity index (χ1) is 13.2. The number of rotatable bonds is 10. The molecule has 0 amide bonds. The summed E-state index contributed by atoms with van der Waals surface area (Å²) in [4.78, 5) is 29.0. The lowest BCUT2D eigenvalue weighted by molar-refractivity contribution is -0.165. The predicted octanol–water partition coefficient (Wildman–Crippen LogP) is 4.73. The minimum atomic E-state index is -1.14. The van der Waals surface area contributed by atoms with E-state index in [2.05, 4.69) is 19.0 Å². The number of nitrogens with zero attached hydrogens (tertiary/aromatic N) is 1. The Bertz CT molecular complexity index is 679. The molecule has 2 atom stereocenters. The summed E-state index contributed by atoms with van der Waals surface area (Å²) in [6.07, 6.45) is 2.85. The number of methoxy groups -OCH3 is 2. The minimum Gasteiger partial charge on any atom is -0.466 e.